The largest absolute Gasteiger partial charge is 0.573 e. The van der Waals surface area contributed by atoms with Gasteiger partial charge in [0.15, 0.2) is 0 Å². The summed E-state index contributed by atoms with van der Waals surface area (Å²) in [5.41, 5.74) is 0. The zero-order valence-corrected chi connectivity index (χ0v) is 14.6. The van der Waals surface area contributed by atoms with Crippen LogP contribution in [-0.2, 0) is 14.8 Å². The maximum absolute atomic E-state index is 12.4. The lowest BCUT2D eigenvalue weighted by molar-refractivity contribution is -0.274. The lowest BCUT2D eigenvalue weighted by Crippen LogP contribution is -2.42. The Morgan fingerprint density at radius 2 is 1.92 bits per heavy atom. The van der Waals surface area contributed by atoms with Crippen molar-refractivity contribution >= 4 is 16.0 Å². The van der Waals surface area contributed by atoms with Crippen molar-refractivity contribution in [3.8, 4) is 5.75 Å². The van der Waals surface area contributed by atoms with Crippen LogP contribution in [0, 0.1) is 5.92 Å². The van der Waals surface area contributed by atoms with Gasteiger partial charge >= 0.3 is 12.3 Å². The second kappa shape index (κ2) is 8.26. The summed E-state index contributed by atoms with van der Waals surface area (Å²) in [6.45, 7) is 0. The second-order valence-corrected chi connectivity index (χ2v) is 7.99. The molecule has 0 radical (unpaired) electrons. The Labute approximate surface area is 149 Å². The molecule has 1 aromatic rings. The summed E-state index contributed by atoms with van der Waals surface area (Å²) in [4.78, 5) is 10.9. The highest BCUT2D eigenvalue weighted by atomic mass is 32.2. The molecular formula is C16H20F3NO5S. The SMILES string of the molecule is O=C(O)C(CC1CCCCC1)NS(=O)(=O)c1cccc(OC(F)(F)F)c1. The molecule has 0 aromatic heterocycles. The number of carboxylic acids is 1. The Kier molecular flexibility index (Phi) is 6.51. The first-order valence-corrected chi connectivity index (χ1v) is 9.66. The predicted molar refractivity (Wildman–Crippen MR) is 86.1 cm³/mol. The van der Waals surface area contributed by atoms with E-state index in [9.17, 15) is 31.5 Å². The number of carbonyl (C=O) groups is 1. The van der Waals surface area contributed by atoms with Crippen molar-refractivity contribution in [2.75, 3.05) is 0 Å². The van der Waals surface area contributed by atoms with E-state index in [0.717, 1.165) is 50.3 Å². The van der Waals surface area contributed by atoms with Gasteiger partial charge in [-0.1, -0.05) is 38.2 Å². The molecule has 1 atom stereocenters. The van der Waals surface area contributed by atoms with Gasteiger partial charge in [0.2, 0.25) is 10.0 Å². The van der Waals surface area contributed by atoms with Crippen LogP contribution >= 0.6 is 0 Å². The van der Waals surface area contributed by atoms with Gasteiger partial charge in [0.1, 0.15) is 11.8 Å². The van der Waals surface area contributed by atoms with Crippen molar-refractivity contribution in [2.45, 2.75) is 55.8 Å². The van der Waals surface area contributed by atoms with Crippen LogP contribution in [-0.4, -0.2) is 31.9 Å². The van der Waals surface area contributed by atoms with Crippen molar-refractivity contribution < 1.29 is 36.2 Å². The van der Waals surface area contributed by atoms with E-state index in [1.54, 1.807) is 0 Å². The third-order valence-electron chi connectivity index (χ3n) is 4.24. The van der Waals surface area contributed by atoms with E-state index >= 15 is 0 Å². The van der Waals surface area contributed by atoms with E-state index in [0.29, 0.717) is 6.07 Å². The van der Waals surface area contributed by atoms with Crippen LogP contribution in [0.3, 0.4) is 0 Å². The number of hydrogen-bond donors (Lipinski definition) is 2. The quantitative estimate of drug-likeness (QED) is 0.739. The average Bonchev–Trinajstić information content (AvgIpc) is 2.53. The molecule has 0 heterocycles. The van der Waals surface area contributed by atoms with Crippen molar-refractivity contribution in [1.82, 2.24) is 4.72 Å². The summed E-state index contributed by atoms with van der Waals surface area (Å²) in [6, 6.07) is 2.49. The predicted octanol–water partition coefficient (Wildman–Crippen LogP) is 3.29. The number of nitrogens with one attached hydrogen (secondary N) is 1. The number of aliphatic carboxylic acids is 1. The maximum atomic E-state index is 12.4. The molecule has 2 N–H and O–H groups in total. The first kappa shape index (κ1) is 20.5. The summed E-state index contributed by atoms with van der Waals surface area (Å²) >= 11 is 0. The van der Waals surface area contributed by atoms with Gasteiger partial charge in [-0.15, -0.1) is 13.2 Å². The number of carboxylic acid groups (broad SMARTS) is 1. The van der Waals surface area contributed by atoms with E-state index in [2.05, 4.69) is 9.46 Å². The third kappa shape index (κ3) is 6.17. The Balaban J connectivity index is 2.14. The number of sulfonamides is 1. The van der Waals surface area contributed by atoms with Crippen LogP contribution in [0.1, 0.15) is 38.5 Å². The summed E-state index contributed by atoms with van der Waals surface area (Å²) in [5, 5.41) is 9.32. The molecule has 26 heavy (non-hydrogen) atoms. The lowest BCUT2D eigenvalue weighted by atomic mass is 9.85. The first-order chi connectivity index (χ1) is 12.1. The zero-order valence-electron chi connectivity index (χ0n) is 13.8. The molecule has 1 aliphatic carbocycles. The van der Waals surface area contributed by atoms with Crippen molar-refractivity contribution in [1.29, 1.82) is 0 Å². The number of alkyl halides is 3. The molecule has 146 valence electrons. The summed E-state index contributed by atoms with van der Waals surface area (Å²) in [7, 11) is -4.31. The third-order valence-corrected chi connectivity index (χ3v) is 5.71. The fourth-order valence-corrected chi connectivity index (χ4v) is 4.29. The van der Waals surface area contributed by atoms with Gasteiger partial charge in [0, 0.05) is 6.07 Å². The Morgan fingerprint density at radius 3 is 2.50 bits per heavy atom. The summed E-state index contributed by atoms with van der Waals surface area (Å²) in [5.74, 6) is -1.91. The van der Waals surface area contributed by atoms with Gasteiger partial charge in [-0.2, -0.15) is 4.72 Å². The minimum absolute atomic E-state index is 0.104. The molecule has 2 rings (SSSR count). The first-order valence-electron chi connectivity index (χ1n) is 8.18. The van der Waals surface area contributed by atoms with Crippen LogP contribution in [0.25, 0.3) is 0 Å². The monoisotopic (exact) mass is 395 g/mol. The van der Waals surface area contributed by atoms with Gasteiger partial charge in [0.05, 0.1) is 4.90 Å². The molecule has 1 saturated carbocycles. The van der Waals surface area contributed by atoms with Crippen molar-refractivity contribution in [3.63, 3.8) is 0 Å². The molecule has 10 heteroatoms. The molecular weight excluding hydrogens is 375 g/mol. The van der Waals surface area contributed by atoms with E-state index in [4.69, 9.17) is 0 Å². The number of halogens is 3. The average molecular weight is 395 g/mol. The lowest BCUT2D eigenvalue weighted by Gasteiger charge is -2.25. The van der Waals surface area contributed by atoms with Crippen molar-refractivity contribution in [3.05, 3.63) is 24.3 Å². The minimum Gasteiger partial charge on any atom is -0.480 e. The second-order valence-electron chi connectivity index (χ2n) is 6.27. The van der Waals surface area contributed by atoms with Crippen LogP contribution < -0.4 is 9.46 Å². The van der Waals surface area contributed by atoms with Gasteiger partial charge in [-0.3, -0.25) is 4.79 Å². The van der Waals surface area contributed by atoms with E-state index in [1.165, 1.54) is 0 Å². The van der Waals surface area contributed by atoms with E-state index < -0.39 is 39.0 Å². The highest BCUT2D eigenvalue weighted by Gasteiger charge is 2.32. The van der Waals surface area contributed by atoms with Gasteiger partial charge in [0.25, 0.3) is 0 Å². The number of ether oxygens (including phenoxy) is 1. The van der Waals surface area contributed by atoms with Gasteiger partial charge < -0.3 is 9.84 Å². The molecule has 1 aliphatic rings. The number of rotatable bonds is 7. The fourth-order valence-electron chi connectivity index (χ4n) is 3.05. The molecule has 1 aromatic carbocycles. The number of hydrogen-bond acceptors (Lipinski definition) is 4. The maximum Gasteiger partial charge on any atom is 0.573 e. The normalized spacial score (nSPS) is 17.7. The molecule has 1 fully saturated rings. The van der Waals surface area contributed by atoms with Crippen LogP contribution in [0.2, 0.25) is 0 Å². The van der Waals surface area contributed by atoms with E-state index in [1.807, 2.05) is 0 Å². The standard InChI is InChI=1S/C16H20F3NO5S/c17-16(18,19)25-12-7-4-8-13(10-12)26(23,24)20-14(15(21)22)9-11-5-2-1-3-6-11/h4,7-8,10-11,14,20H,1-3,5-6,9H2,(H,21,22). The van der Waals surface area contributed by atoms with Crippen molar-refractivity contribution in [2.24, 2.45) is 5.92 Å². The van der Waals surface area contributed by atoms with Gasteiger partial charge in [-0.05, 0) is 24.5 Å². The Bertz CT molecular complexity index is 730. The fraction of sp³-hybridized carbons (Fsp3) is 0.562. The molecule has 0 aliphatic heterocycles. The molecule has 0 spiro atoms. The number of benzene rings is 1. The summed E-state index contributed by atoms with van der Waals surface area (Å²) in [6.07, 6.45) is -0.123. The summed E-state index contributed by atoms with van der Waals surface area (Å²) < 4.78 is 67.4. The van der Waals surface area contributed by atoms with Crippen LogP contribution in [0.5, 0.6) is 5.75 Å². The molecule has 1 unspecified atom stereocenters. The topological polar surface area (TPSA) is 92.7 Å². The molecule has 0 bridgehead atoms. The molecule has 6 nitrogen and oxygen atoms in total. The Morgan fingerprint density at radius 1 is 1.27 bits per heavy atom. The zero-order chi connectivity index (χ0) is 19.4. The van der Waals surface area contributed by atoms with Gasteiger partial charge in [-0.25, -0.2) is 8.42 Å². The highest BCUT2D eigenvalue weighted by molar-refractivity contribution is 7.89. The minimum atomic E-state index is -4.96. The van der Waals surface area contributed by atoms with Crippen LogP contribution in [0.15, 0.2) is 29.2 Å². The van der Waals surface area contributed by atoms with Crippen LogP contribution in [0.4, 0.5) is 13.2 Å². The Hall–Kier alpha value is -1.81. The highest BCUT2D eigenvalue weighted by Crippen LogP contribution is 2.28. The van der Waals surface area contributed by atoms with E-state index in [-0.39, 0.29) is 12.3 Å². The molecule has 0 amide bonds. The molecule has 0 saturated heterocycles. The smallest absolute Gasteiger partial charge is 0.480 e.